The van der Waals surface area contributed by atoms with E-state index in [1.165, 1.54) is 5.57 Å². The lowest BCUT2D eigenvalue weighted by Gasteiger charge is -2.11. The molecule has 0 radical (unpaired) electrons. The highest BCUT2D eigenvalue weighted by Gasteiger charge is 2.10. The van der Waals surface area contributed by atoms with Crippen molar-refractivity contribution in [3.05, 3.63) is 53.6 Å². The maximum atomic E-state index is 11.9. The Balaban J connectivity index is 2.52. The van der Waals surface area contributed by atoms with E-state index in [2.05, 4.69) is 13.0 Å². The monoisotopic (exact) mass is 273 g/mol. The number of ether oxygens (including phenoxy) is 1. The summed E-state index contributed by atoms with van der Waals surface area (Å²) < 4.78 is 5.38. The maximum Gasteiger partial charge on any atom is 0.338 e. The first kappa shape index (κ1) is 16.0. The number of esters is 1. The Hall–Kier alpha value is -2.03. The first-order valence-electron chi connectivity index (χ1n) is 6.88. The molecule has 1 aromatic rings. The van der Waals surface area contributed by atoms with Gasteiger partial charge in [-0.2, -0.15) is 0 Å². The Bertz CT molecular complexity index is 486. The van der Waals surface area contributed by atoms with Crippen molar-refractivity contribution < 1.29 is 9.53 Å². The van der Waals surface area contributed by atoms with Crippen molar-refractivity contribution in [1.82, 2.24) is 0 Å². The van der Waals surface area contributed by atoms with Crippen LogP contribution in [0.3, 0.4) is 0 Å². The van der Waals surface area contributed by atoms with Crippen LogP contribution in [0.1, 0.15) is 44.0 Å². The zero-order valence-electron chi connectivity index (χ0n) is 12.4. The van der Waals surface area contributed by atoms with Crippen LogP contribution in [0.25, 0.3) is 0 Å². The highest BCUT2D eigenvalue weighted by molar-refractivity contribution is 5.89. The van der Waals surface area contributed by atoms with Crippen molar-refractivity contribution in [2.75, 3.05) is 5.73 Å². The third-order valence-electron chi connectivity index (χ3n) is 2.90. The molecule has 0 aliphatic heterocycles. The molecule has 20 heavy (non-hydrogen) atoms. The normalized spacial score (nSPS) is 13.4. The molecule has 0 fully saturated rings. The van der Waals surface area contributed by atoms with Gasteiger partial charge in [0.05, 0.1) is 5.56 Å². The second kappa shape index (κ2) is 8.20. The van der Waals surface area contributed by atoms with Crippen molar-refractivity contribution in [1.29, 1.82) is 0 Å². The second-order valence-corrected chi connectivity index (χ2v) is 4.85. The van der Waals surface area contributed by atoms with E-state index >= 15 is 0 Å². The molecular weight excluding hydrogens is 250 g/mol. The van der Waals surface area contributed by atoms with Gasteiger partial charge in [0.2, 0.25) is 0 Å². The fourth-order valence-corrected chi connectivity index (χ4v) is 1.85. The molecule has 1 unspecified atom stereocenters. The van der Waals surface area contributed by atoms with E-state index in [1.807, 2.05) is 26.0 Å². The highest BCUT2D eigenvalue weighted by atomic mass is 16.5. The SMILES string of the molecule is CC=CCCC(C)=CC(C)OC(=O)c1ccc(N)cc1. The number of nitrogen functional groups attached to an aromatic ring is 1. The number of anilines is 1. The maximum absolute atomic E-state index is 11.9. The molecular formula is C17H23NO2. The minimum atomic E-state index is -0.324. The van der Waals surface area contributed by atoms with Gasteiger partial charge < -0.3 is 10.5 Å². The molecule has 0 aliphatic carbocycles. The molecule has 1 atom stereocenters. The topological polar surface area (TPSA) is 52.3 Å². The lowest BCUT2D eigenvalue weighted by molar-refractivity contribution is 0.0423. The largest absolute Gasteiger partial charge is 0.455 e. The fraction of sp³-hybridized carbons (Fsp3) is 0.353. The van der Waals surface area contributed by atoms with Crippen LogP contribution in [-0.4, -0.2) is 12.1 Å². The van der Waals surface area contributed by atoms with Crippen molar-refractivity contribution in [3.8, 4) is 0 Å². The number of nitrogens with two attached hydrogens (primary N) is 1. The van der Waals surface area contributed by atoms with E-state index < -0.39 is 0 Å². The Labute approximate surface area is 121 Å². The molecule has 108 valence electrons. The van der Waals surface area contributed by atoms with Gasteiger partial charge in [0.25, 0.3) is 0 Å². The van der Waals surface area contributed by atoms with Gasteiger partial charge in [-0.25, -0.2) is 4.79 Å². The molecule has 2 N–H and O–H groups in total. The molecule has 3 nitrogen and oxygen atoms in total. The number of allylic oxidation sites excluding steroid dienone is 3. The number of hydrogen-bond donors (Lipinski definition) is 1. The summed E-state index contributed by atoms with van der Waals surface area (Å²) >= 11 is 0. The number of benzene rings is 1. The van der Waals surface area contributed by atoms with E-state index in [0.717, 1.165) is 12.8 Å². The molecule has 0 saturated carbocycles. The Morgan fingerprint density at radius 2 is 2.00 bits per heavy atom. The summed E-state index contributed by atoms with van der Waals surface area (Å²) in [4.78, 5) is 11.9. The molecule has 1 aromatic carbocycles. The molecule has 0 bridgehead atoms. The van der Waals surface area contributed by atoms with Gasteiger partial charge in [-0.05, 0) is 64.0 Å². The van der Waals surface area contributed by atoms with Crippen LogP contribution >= 0.6 is 0 Å². The van der Waals surface area contributed by atoms with Crippen molar-refractivity contribution in [2.24, 2.45) is 0 Å². The minimum Gasteiger partial charge on any atom is -0.455 e. The van der Waals surface area contributed by atoms with Gasteiger partial charge in [0, 0.05) is 5.69 Å². The molecule has 1 rings (SSSR count). The summed E-state index contributed by atoms with van der Waals surface area (Å²) in [6.07, 6.45) is 7.91. The Kier molecular flexibility index (Phi) is 6.57. The Morgan fingerprint density at radius 1 is 1.35 bits per heavy atom. The lowest BCUT2D eigenvalue weighted by atomic mass is 10.1. The van der Waals surface area contributed by atoms with Crippen molar-refractivity contribution in [3.63, 3.8) is 0 Å². The van der Waals surface area contributed by atoms with Crippen LogP contribution in [0, 0.1) is 0 Å². The average Bonchev–Trinajstić information content (AvgIpc) is 2.39. The fourth-order valence-electron chi connectivity index (χ4n) is 1.85. The van der Waals surface area contributed by atoms with Crippen LogP contribution in [0.4, 0.5) is 5.69 Å². The summed E-state index contributed by atoms with van der Waals surface area (Å²) in [6.45, 7) is 5.93. The summed E-state index contributed by atoms with van der Waals surface area (Å²) in [5.41, 5.74) is 7.96. The van der Waals surface area contributed by atoms with Crippen LogP contribution < -0.4 is 5.73 Å². The molecule has 0 amide bonds. The third kappa shape index (κ3) is 5.74. The molecule has 0 spiro atoms. The highest BCUT2D eigenvalue weighted by Crippen LogP contribution is 2.11. The van der Waals surface area contributed by atoms with E-state index in [4.69, 9.17) is 10.5 Å². The lowest BCUT2D eigenvalue weighted by Crippen LogP contribution is -2.13. The third-order valence-corrected chi connectivity index (χ3v) is 2.90. The number of hydrogen-bond acceptors (Lipinski definition) is 3. The van der Waals surface area contributed by atoms with Crippen LogP contribution in [-0.2, 0) is 4.74 Å². The minimum absolute atomic E-state index is 0.231. The van der Waals surface area contributed by atoms with Gasteiger partial charge in [0.1, 0.15) is 6.10 Å². The predicted octanol–water partition coefficient (Wildman–Crippen LogP) is 4.12. The molecule has 0 saturated heterocycles. The number of carbonyl (C=O) groups is 1. The summed E-state index contributed by atoms with van der Waals surface area (Å²) in [7, 11) is 0. The van der Waals surface area contributed by atoms with Gasteiger partial charge in [-0.1, -0.05) is 17.7 Å². The van der Waals surface area contributed by atoms with Gasteiger partial charge in [-0.15, -0.1) is 0 Å². The smallest absolute Gasteiger partial charge is 0.338 e. The van der Waals surface area contributed by atoms with Crippen molar-refractivity contribution in [2.45, 2.75) is 39.7 Å². The second-order valence-electron chi connectivity index (χ2n) is 4.85. The van der Waals surface area contributed by atoms with E-state index in [0.29, 0.717) is 11.3 Å². The predicted molar refractivity (Wildman–Crippen MR) is 83.5 cm³/mol. The average molecular weight is 273 g/mol. The molecule has 0 heterocycles. The summed E-state index contributed by atoms with van der Waals surface area (Å²) in [5, 5.41) is 0. The van der Waals surface area contributed by atoms with Gasteiger partial charge >= 0.3 is 5.97 Å². The van der Waals surface area contributed by atoms with Gasteiger partial charge in [-0.3, -0.25) is 0 Å². The summed E-state index contributed by atoms with van der Waals surface area (Å²) in [5.74, 6) is -0.324. The van der Waals surface area contributed by atoms with Crippen LogP contribution in [0.5, 0.6) is 0 Å². The summed E-state index contributed by atoms with van der Waals surface area (Å²) in [6, 6.07) is 6.73. The number of rotatable bonds is 6. The zero-order valence-corrected chi connectivity index (χ0v) is 12.4. The molecule has 3 heteroatoms. The van der Waals surface area contributed by atoms with Gasteiger partial charge in [0.15, 0.2) is 0 Å². The van der Waals surface area contributed by atoms with E-state index in [1.54, 1.807) is 24.3 Å². The first-order valence-corrected chi connectivity index (χ1v) is 6.88. The van der Waals surface area contributed by atoms with Crippen LogP contribution in [0.2, 0.25) is 0 Å². The molecule has 0 aromatic heterocycles. The molecule has 0 aliphatic rings. The van der Waals surface area contributed by atoms with E-state index in [-0.39, 0.29) is 12.1 Å². The standard InChI is InChI=1S/C17H23NO2/c1-4-5-6-7-13(2)12-14(3)20-17(19)15-8-10-16(18)11-9-15/h4-5,8-12,14H,6-7,18H2,1-3H3. The first-order chi connectivity index (χ1) is 9.52. The van der Waals surface area contributed by atoms with Crippen molar-refractivity contribution >= 4 is 11.7 Å². The Morgan fingerprint density at radius 3 is 2.60 bits per heavy atom. The van der Waals surface area contributed by atoms with Crippen LogP contribution in [0.15, 0.2) is 48.1 Å². The zero-order chi connectivity index (χ0) is 15.0. The number of carbonyl (C=O) groups excluding carboxylic acids is 1. The quantitative estimate of drug-likeness (QED) is 0.482. The van der Waals surface area contributed by atoms with E-state index in [9.17, 15) is 4.79 Å².